The summed E-state index contributed by atoms with van der Waals surface area (Å²) in [6.45, 7) is 5.32. The van der Waals surface area contributed by atoms with Gasteiger partial charge in [0.25, 0.3) is 5.91 Å². The molecule has 1 aromatic rings. The summed E-state index contributed by atoms with van der Waals surface area (Å²) in [5.41, 5.74) is 0.985. The van der Waals surface area contributed by atoms with Crippen LogP contribution in [0.1, 0.15) is 94.0 Å². The zero-order chi connectivity index (χ0) is 23.2. The summed E-state index contributed by atoms with van der Waals surface area (Å²) < 4.78 is 0. The van der Waals surface area contributed by atoms with Gasteiger partial charge in [-0.1, -0.05) is 19.4 Å². The Morgan fingerprint density at radius 1 is 1.09 bits per heavy atom. The molecule has 4 aliphatic carbocycles. The van der Waals surface area contributed by atoms with E-state index in [1.54, 1.807) is 24.3 Å². The highest BCUT2D eigenvalue weighted by molar-refractivity contribution is 5.94. The van der Waals surface area contributed by atoms with Crippen molar-refractivity contribution in [1.82, 2.24) is 5.32 Å². The lowest BCUT2D eigenvalue weighted by Gasteiger charge is -2.61. The van der Waals surface area contributed by atoms with Crippen LogP contribution in [0.3, 0.4) is 0 Å². The number of amides is 1. The zero-order valence-electron chi connectivity index (χ0n) is 20.4. The maximum Gasteiger partial charge on any atom is 0.251 e. The molecule has 33 heavy (non-hydrogen) atoms. The van der Waals surface area contributed by atoms with Crippen molar-refractivity contribution in [1.29, 1.82) is 5.26 Å². The number of carbonyl (C=O) groups excluding carboxylic acids is 1. The molecule has 0 bridgehead atoms. The molecule has 8 atom stereocenters. The molecular weight excluding hydrogens is 408 g/mol. The fraction of sp³-hybridized carbons (Fsp3) is 0.724. The van der Waals surface area contributed by atoms with Gasteiger partial charge in [-0.2, -0.15) is 5.26 Å². The highest BCUT2D eigenvalue weighted by atomic mass is 16.3. The van der Waals surface area contributed by atoms with E-state index in [-0.39, 0.29) is 5.91 Å². The Labute approximate surface area is 199 Å². The van der Waals surface area contributed by atoms with Crippen molar-refractivity contribution in [2.75, 3.05) is 6.54 Å². The van der Waals surface area contributed by atoms with Crippen LogP contribution in [0.4, 0.5) is 0 Å². The first-order valence-electron chi connectivity index (χ1n) is 13.3. The number of carbonyl (C=O) groups is 1. The molecule has 4 saturated carbocycles. The second-order valence-electron chi connectivity index (χ2n) is 12.3. The van der Waals surface area contributed by atoms with Crippen molar-refractivity contribution in [2.24, 2.45) is 40.9 Å². The minimum atomic E-state index is -0.446. The fourth-order valence-electron chi connectivity index (χ4n) is 8.78. The predicted octanol–water partition coefficient (Wildman–Crippen LogP) is 5.70. The minimum absolute atomic E-state index is 0.0544. The number of nitriles is 1. The summed E-state index contributed by atoms with van der Waals surface area (Å²) in [6, 6.07) is 9.14. The van der Waals surface area contributed by atoms with Crippen LogP contribution in [-0.2, 0) is 0 Å². The van der Waals surface area contributed by atoms with Gasteiger partial charge in [0.05, 0.1) is 17.2 Å². The first-order chi connectivity index (χ1) is 15.8. The summed E-state index contributed by atoms with van der Waals surface area (Å²) in [5.74, 6) is 4.48. The lowest BCUT2D eigenvalue weighted by Crippen LogP contribution is -2.55. The predicted molar refractivity (Wildman–Crippen MR) is 129 cm³/mol. The van der Waals surface area contributed by atoms with Crippen molar-refractivity contribution in [2.45, 2.75) is 83.7 Å². The molecule has 4 heteroatoms. The largest absolute Gasteiger partial charge is 0.390 e. The van der Waals surface area contributed by atoms with Gasteiger partial charge < -0.3 is 10.4 Å². The van der Waals surface area contributed by atoms with Gasteiger partial charge in [0.1, 0.15) is 0 Å². The van der Waals surface area contributed by atoms with Crippen LogP contribution in [0.15, 0.2) is 24.3 Å². The molecule has 5 rings (SSSR count). The third kappa shape index (κ3) is 4.23. The molecule has 2 N–H and O–H groups in total. The lowest BCUT2D eigenvalue weighted by atomic mass is 9.45. The van der Waals surface area contributed by atoms with Gasteiger partial charge in [0.15, 0.2) is 0 Å². The Balaban J connectivity index is 1.27. The molecule has 4 aliphatic rings. The number of hydrogen-bond donors (Lipinski definition) is 2. The van der Waals surface area contributed by atoms with Crippen molar-refractivity contribution in [3.63, 3.8) is 0 Å². The molecule has 0 saturated heterocycles. The quantitative estimate of drug-likeness (QED) is 0.623. The third-order valence-electron chi connectivity index (χ3n) is 10.4. The van der Waals surface area contributed by atoms with E-state index in [9.17, 15) is 9.90 Å². The molecule has 1 amide bonds. The van der Waals surface area contributed by atoms with E-state index in [0.29, 0.717) is 22.5 Å². The fourth-order valence-corrected chi connectivity index (χ4v) is 8.78. The van der Waals surface area contributed by atoms with Crippen LogP contribution in [0.25, 0.3) is 0 Å². The molecule has 4 fully saturated rings. The Bertz CT molecular complexity index is 934. The molecule has 0 unspecified atom stereocenters. The number of nitrogens with one attached hydrogen (secondary N) is 1. The normalized spacial score (nSPS) is 42.2. The van der Waals surface area contributed by atoms with Gasteiger partial charge in [0.2, 0.25) is 0 Å². The number of rotatable bonds is 3. The molecule has 0 spiro atoms. The third-order valence-corrected chi connectivity index (χ3v) is 10.4. The summed E-state index contributed by atoms with van der Waals surface area (Å²) >= 11 is 0. The minimum Gasteiger partial charge on any atom is -0.390 e. The number of fused-ring (bicyclic) bond motifs is 5. The molecule has 0 radical (unpaired) electrons. The van der Waals surface area contributed by atoms with Crippen LogP contribution < -0.4 is 5.32 Å². The Kier molecular flexibility index (Phi) is 6.06. The van der Waals surface area contributed by atoms with E-state index < -0.39 is 5.60 Å². The molecule has 0 heterocycles. The van der Waals surface area contributed by atoms with Gasteiger partial charge in [-0.3, -0.25) is 4.79 Å². The average molecular weight is 449 g/mol. The summed E-state index contributed by atoms with van der Waals surface area (Å²) in [7, 11) is 0. The summed E-state index contributed by atoms with van der Waals surface area (Å²) in [6.07, 6.45) is 12.3. The molecular formula is C29H40N2O2. The Morgan fingerprint density at radius 3 is 2.73 bits per heavy atom. The van der Waals surface area contributed by atoms with E-state index in [0.717, 1.165) is 49.0 Å². The van der Waals surface area contributed by atoms with Gasteiger partial charge in [-0.05, 0) is 124 Å². The molecule has 1 aromatic carbocycles. The van der Waals surface area contributed by atoms with Crippen LogP contribution in [-0.4, -0.2) is 23.2 Å². The van der Waals surface area contributed by atoms with Crippen molar-refractivity contribution >= 4 is 5.91 Å². The SMILES string of the molecule is C[C@@]1(O)CC[C@H]2[C@H](CC[C@@H]3[C@@H]2CC[C@]2(C)[C@@H](CNC(=O)c4cccc(C#N)c4)CCC[C@@H]32)C1. The van der Waals surface area contributed by atoms with Crippen LogP contribution in [0, 0.1) is 52.3 Å². The van der Waals surface area contributed by atoms with Crippen molar-refractivity contribution in [3.05, 3.63) is 35.4 Å². The topological polar surface area (TPSA) is 73.1 Å². The average Bonchev–Trinajstić information content (AvgIpc) is 2.81. The van der Waals surface area contributed by atoms with Gasteiger partial charge in [0, 0.05) is 12.1 Å². The van der Waals surface area contributed by atoms with E-state index in [4.69, 9.17) is 5.26 Å². The highest BCUT2D eigenvalue weighted by Crippen LogP contribution is 2.63. The summed E-state index contributed by atoms with van der Waals surface area (Å²) in [5, 5.41) is 23.0. The van der Waals surface area contributed by atoms with E-state index in [1.807, 2.05) is 6.92 Å². The maximum atomic E-state index is 12.8. The molecule has 178 valence electrons. The Morgan fingerprint density at radius 2 is 1.91 bits per heavy atom. The molecule has 0 aromatic heterocycles. The van der Waals surface area contributed by atoms with E-state index in [1.165, 1.54) is 51.4 Å². The smallest absolute Gasteiger partial charge is 0.251 e. The lowest BCUT2D eigenvalue weighted by molar-refractivity contribution is -0.125. The van der Waals surface area contributed by atoms with Gasteiger partial charge in [-0.15, -0.1) is 0 Å². The number of hydrogen-bond acceptors (Lipinski definition) is 3. The van der Waals surface area contributed by atoms with Crippen molar-refractivity contribution < 1.29 is 9.90 Å². The van der Waals surface area contributed by atoms with Crippen molar-refractivity contribution in [3.8, 4) is 6.07 Å². The second kappa shape index (κ2) is 8.73. The molecule has 0 aliphatic heterocycles. The monoisotopic (exact) mass is 448 g/mol. The Hall–Kier alpha value is -1.86. The molecule has 4 nitrogen and oxygen atoms in total. The first-order valence-corrected chi connectivity index (χ1v) is 13.3. The highest BCUT2D eigenvalue weighted by Gasteiger charge is 2.55. The maximum absolute atomic E-state index is 12.8. The van der Waals surface area contributed by atoms with E-state index >= 15 is 0 Å². The number of nitrogens with zero attached hydrogens (tertiary/aromatic N) is 1. The standard InChI is InChI=1S/C29H40N2O2/c1-28(33)13-11-23-21(16-28)9-10-25-24(23)12-14-29(2)22(7-4-8-26(25)29)18-31-27(32)20-6-3-5-19(15-20)17-30/h3,5-6,15,21-26,33H,4,7-14,16,18H2,1-2H3,(H,31,32)/t21-,22-,23+,24-,25-,26+,28-,29-/m1/s1. The second-order valence-corrected chi connectivity index (χ2v) is 12.3. The van der Waals surface area contributed by atoms with E-state index in [2.05, 4.69) is 18.3 Å². The van der Waals surface area contributed by atoms with Gasteiger partial charge in [-0.25, -0.2) is 0 Å². The number of benzene rings is 1. The first kappa shape index (κ1) is 22.9. The zero-order valence-corrected chi connectivity index (χ0v) is 20.4. The number of aliphatic hydroxyl groups is 1. The summed E-state index contributed by atoms with van der Waals surface area (Å²) in [4.78, 5) is 12.8. The van der Waals surface area contributed by atoms with Crippen LogP contribution >= 0.6 is 0 Å². The van der Waals surface area contributed by atoms with Crippen LogP contribution in [0.2, 0.25) is 0 Å². The van der Waals surface area contributed by atoms with Gasteiger partial charge >= 0.3 is 0 Å². The van der Waals surface area contributed by atoms with Crippen LogP contribution in [0.5, 0.6) is 0 Å².